The minimum Gasteiger partial charge on any atom is -0.481 e. The van der Waals surface area contributed by atoms with Crippen LogP contribution < -0.4 is 5.32 Å². The summed E-state index contributed by atoms with van der Waals surface area (Å²) >= 11 is 0. The van der Waals surface area contributed by atoms with Crippen molar-refractivity contribution in [1.29, 1.82) is 0 Å². The lowest BCUT2D eigenvalue weighted by atomic mass is 9.84. The van der Waals surface area contributed by atoms with E-state index in [-0.39, 0.29) is 35.5 Å². The Labute approximate surface area is 222 Å². The van der Waals surface area contributed by atoms with E-state index in [1.165, 1.54) is 23.3 Å². The predicted octanol–water partition coefficient (Wildman–Crippen LogP) is 5.60. The van der Waals surface area contributed by atoms with Crippen molar-refractivity contribution in [1.82, 2.24) is 15.1 Å². The van der Waals surface area contributed by atoms with E-state index in [2.05, 4.69) is 36.5 Å². The molecule has 198 valence electrons. The van der Waals surface area contributed by atoms with Gasteiger partial charge in [0.2, 0.25) is 0 Å². The Morgan fingerprint density at radius 3 is 2.50 bits per heavy atom. The zero-order chi connectivity index (χ0) is 26.4. The van der Waals surface area contributed by atoms with Gasteiger partial charge in [-0.3, -0.25) is 9.59 Å². The number of aromatic nitrogens is 2. The van der Waals surface area contributed by atoms with Crippen LogP contribution in [0.3, 0.4) is 0 Å². The van der Waals surface area contributed by atoms with Crippen LogP contribution >= 0.6 is 0 Å². The number of aryl methyl sites for hydroxylation is 1. The summed E-state index contributed by atoms with van der Waals surface area (Å²) in [4.78, 5) is 25.8. The molecular formula is C31H34FN3O3. The molecule has 0 spiro atoms. The lowest BCUT2D eigenvalue weighted by Crippen LogP contribution is -2.47. The van der Waals surface area contributed by atoms with Crippen LogP contribution in [0, 0.1) is 30.5 Å². The second-order valence-corrected chi connectivity index (χ2v) is 11.4. The van der Waals surface area contributed by atoms with Crippen LogP contribution in [0.2, 0.25) is 0 Å². The summed E-state index contributed by atoms with van der Waals surface area (Å²) in [5.74, 6) is -1.48. The van der Waals surface area contributed by atoms with Gasteiger partial charge in [-0.1, -0.05) is 36.2 Å². The third kappa shape index (κ3) is 4.52. The van der Waals surface area contributed by atoms with Gasteiger partial charge in [-0.25, -0.2) is 9.07 Å². The van der Waals surface area contributed by atoms with Gasteiger partial charge in [0.25, 0.3) is 5.91 Å². The number of hydrogen-bond acceptors (Lipinski definition) is 3. The van der Waals surface area contributed by atoms with E-state index < -0.39 is 11.9 Å². The summed E-state index contributed by atoms with van der Waals surface area (Å²) in [5, 5.41) is 17.8. The smallest absolute Gasteiger partial charge is 0.308 e. The molecule has 6 nitrogen and oxygen atoms in total. The number of aliphatic carboxylic acids is 1. The van der Waals surface area contributed by atoms with Crippen molar-refractivity contribution < 1.29 is 19.1 Å². The minimum absolute atomic E-state index is 0.135. The molecule has 2 saturated carbocycles. The number of amides is 1. The van der Waals surface area contributed by atoms with Gasteiger partial charge in [0, 0.05) is 17.5 Å². The normalized spacial score (nSPS) is 26.1. The molecule has 3 aromatic rings. The first-order valence-electron chi connectivity index (χ1n) is 13.9. The Morgan fingerprint density at radius 2 is 1.76 bits per heavy atom. The van der Waals surface area contributed by atoms with Gasteiger partial charge in [0.1, 0.15) is 5.82 Å². The number of carboxylic acids is 1. The SMILES string of the molecule is Cc1ccc(CC2CCCCc3c(C(=O)N[C@@H]4C5CCC(C5)[C@@H]4C(=O)O)nn(-c4ccc(F)cc4)c32)cc1. The zero-order valence-electron chi connectivity index (χ0n) is 21.7. The predicted molar refractivity (Wildman–Crippen MR) is 142 cm³/mol. The Morgan fingerprint density at radius 1 is 1.03 bits per heavy atom. The number of benzene rings is 2. The minimum atomic E-state index is -0.823. The number of carbonyl (C=O) groups is 2. The van der Waals surface area contributed by atoms with Crippen LogP contribution in [-0.2, 0) is 17.6 Å². The molecule has 0 radical (unpaired) electrons. The molecular weight excluding hydrogens is 481 g/mol. The van der Waals surface area contributed by atoms with E-state index in [1.54, 1.807) is 12.1 Å². The van der Waals surface area contributed by atoms with Crippen LogP contribution in [0.15, 0.2) is 48.5 Å². The summed E-state index contributed by atoms with van der Waals surface area (Å²) in [6, 6.07) is 14.4. The molecule has 6 rings (SSSR count). The lowest BCUT2D eigenvalue weighted by Gasteiger charge is -2.28. The maximum atomic E-state index is 13.8. The topological polar surface area (TPSA) is 84.2 Å². The van der Waals surface area contributed by atoms with Crippen molar-refractivity contribution in [3.05, 3.63) is 82.4 Å². The summed E-state index contributed by atoms with van der Waals surface area (Å²) in [7, 11) is 0. The summed E-state index contributed by atoms with van der Waals surface area (Å²) in [5.41, 5.74) is 5.51. The number of hydrogen-bond donors (Lipinski definition) is 2. The third-order valence-corrected chi connectivity index (χ3v) is 9.03. The summed E-state index contributed by atoms with van der Waals surface area (Å²) in [6.07, 6.45) is 7.29. The second kappa shape index (κ2) is 10.0. The molecule has 5 atom stereocenters. The van der Waals surface area contributed by atoms with E-state index in [0.29, 0.717) is 5.69 Å². The van der Waals surface area contributed by atoms with Gasteiger partial charge in [-0.15, -0.1) is 0 Å². The lowest BCUT2D eigenvalue weighted by molar-refractivity contribution is -0.144. The number of carbonyl (C=O) groups excluding carboxylic acids is 1. The first-order valence-corrected chi connectivity index (χ1v) is 13.9. The Kier molecular flexibility index (Phi) is 6.54. The molecule has 7 heteroatoms. The van der Waals surface area contributed by atoms with Gasteiger partial charge < -0.3 is 10.4 Å². The molecule has 0 saturated heterocycles. The van der Waals surface area contributed by atoms with E-state index in [1.807, 2.05) is 4.68 Å². The molecule has 2 bridgehead atoms. The molecule has 2 aromatic carbocycles. The van der Waals surface area contributed by atoms with Crippen LogP contribution in [0.1, 0.15) is 77.3 Å². The van der Waals surface area contributed by atoms with Crippen LogP contribution in [-0.4, -0.2) is 32.8 Å². The Hall–Kier alpha value is -3.48. The standard InChI is InChI=1S/C31H34FN3O3/c1-18-6-8-19(9-7-18)16-22-4-2-3-5-25-28(34-35(29(22)25)24-14-12-23(32)13-15-24)30(36)33-27-21-11-10-20(17-21)26(27)31(37)38/h6-9,12-15,20-22,26-27H,2-5,10-11,16-17H2,1H3,(H,33,36)(H,37,38)/t20?,21?,22?,26-,27+/m0/s1. The zero-order valence-corrected chi connectivity index (χ0v) is 21.7. The number of carboxylic acid groups (broad SMARTS) is 1. The molecule has 1 amide bonds. The largest absolute Gasteiger partial charge is 0.481 e. The monoisotopic (exact) mass is 515 g/mol. The number of fused-ring (bicyclic) bond motifs is 3. The quantitative estimate of drug-likeness (QED) is 0.419. The first-order chi connectivity index (χ1) is 18.4. The van der Waals surface area contributed by atoms with Crippen LogP contribution in [0.4, 0.5) is 4.39 Å². The van der Waals surface area contributed by atoms with Gasteiger partial charge in [0.05, 0.1) is 17.3 Å². The number of nitrogens with one attached hydrogen (secondary N) is 1. The van der Waals surface area contributed by atoms with Crippen molar-refractivity contribution in [2.45, 2.75) is 70.3 Å². The number of nitrogens with zero attached hydrogens (tertiary/aromatic N) is 2. The van der Waals surface area contributed by atoms with Crippen molar-refractivity contribution in [3.63, 3.8) is 0 Å². The van der Waals surface area contributed by atoms with Crippen molar-refractivity contribution >= 4 is 11.9 Å². The maximum absolute atomic E-state index is 13.8. The number of halogens is 1. The molecule has 1 heterocycles. The summed E-state index contributed by atoms with van der Waals surface area (Å²) in [6.45, 7) is 2.08. The van der Waals surface area contributed by atoms with E-state index in [9.17, 15) is 19.1 Å². The molecule has 0 aliphatic heterocycles. The fourth-order valence-electron chi connectivity index (χ4n) is 7.20. The molecule has 3 aliphatic carbocycles. The maximum Gasteiger partial charge on any atom is 0.308 e. The van der Waals surface area contributed by atoms with Crippen LogP contribution in [0.25, 0.3) is 5.69 Å². The number of rotatable bonds is 6. The summed E-state index contributed by atoms with van der Waals surface area (Å²) < 4.78 is 15.6. The fraction of sp³-hybridized carbons (Fsp3) is 0.452. The highest BCUT2D eigenvalue weighted by Crippen LogP contribution is 2.48. The van der Waals surface area contributed by atoms with E-state index in [0.717, 1.165) is 68.3 Å². The van der Waals surface area contributed by atoms with Crippen molar-refractivity contribution in [2.24, 2.45) is 17.8 Å². The average Bonchev–Trinajstić information content (AvgIpc) is 3.57. The molecule has 2 N–H and O–H groups in total. The van der Waals surface area contributed by atoms with E-state index in [4.69, 9.17) is 5.10 Å². The van der Waals surface area contributed by atoms with E-state index >= 15 is 0 Å². The average molecular weight is 516 g/mol. The van der Waals surface area contributed by atoms with Crippen LogP contribution in [0.5, 0.6) is 0 Å². The Balaban J connectivity index is 1.39. The molecule has 2 fully saturated rings. The van der Waals surface area contributed by atoms with Gasteiger partial charge in [-0.2, -0.15) is 5.10 Å². The van der Waals surface area contributed by atoms with Crippen molar-refractivity contribution in [2.75, 3.05) is 0 Å². The highest BCUT2D eigenvalue weighted by Gasteiger charge is 2.52. The Bertz CT molecular complexity index is 1350. The van der Waals surface area contributed by atoms with Gasteiger partial charge in [0.15, 0.2) is 5.69 Å². The fourth-order valence-corrected chi connectivity index (χ4v) is 7.20. The molecule has 38 heavy (non-hydrogen) atoms. The molecule has 3 unspecified atom stereocenters. The molecule has 1 aromatic heterocycles. The molecule has 3 aliphatic rings. The highest BCUT2D eigenvalue weighted by molar-refractivity contribution is 5.95. The highest BCUT2D eigenvalue weighted by atomic mass is 19.1. The second-order valence-electron chi connectivity index (χ2n) is 11.4. The van der Waals surface area contributed by atoms with Gasteiger partial charge >= 0.3 is 5.97 Å². The first kappa shape index (κ1) is 24.8. The van der Waals surface area contributed by atoms with Gasteiger partial charge in [-0.05, 0) is 93.5 Å². The van der Waals surface area contributed by atoms with Crippen molar-refractivity contribution in [3.8, 4) is 5.69 Å². The third-order valence-electron chi connectivity index (χ3n) is 9.03.